The molecule has 2 aliphatic heterocycles. The summed E-state index contributed by atoms with van der Waals surface area (Å²) in [6, 6.07) is 12.0. The number of para-hydroxylation sites is 1. The molecule has 11 heteroatoms. The van der Waals surface area contributed by atoms with Gasteiger partial charge >= 0.3 is 6.18 Å². The number of alkyl halides is 3. The topological polar surface area (TPSA) is 59.7 Å². The van der Waals surface area contributed by atoms with Gasteiger partial charge in [0.1, 0.15) is 11.7 Å². The molecule has 0 bridgehead atoms. The van der Waals surface area contributed by atoms with Gasteiger partial charge in [-0.05, 0) is 43.5 Å². The Morgan fingerprint density at radius 3 is 2.57 bits per heavy atom. The molecule has 1 amide bonds. The maximum absolute atomic E-state index is 14.2. The van der Waals surface area contributed by atoms with Gasteiger partial charge in [-0.15, -0.1) is 0 Å². The van der Waals surface area contributed by atoms with E-state index < -0.39 is 23.8 Å². The molecule has 6 nitrogen and oxygen atoms in total. The fraction of sp³-hybridized carbons (Fsp3) is 0.346. The number of rotatable bonds is 4. The summed E-state index contributed by atoms with van der Waals surface area (Å²) in [5.74, 6) is -0.458. The predicted molar refractivity (Wildman–Crippen MR) is 135 cm³/mol. The van der Waals surface area contributed by atoms with E-state index in [2.05, 4.69) is 10.1 Å². The maximum atomic E-state index is 14.2. The molecule has 0 radical (unpaired) electrons. The number of carbonyl (C=O) groups is 1. The van der Waals surface area contributed by atoms with Crippen LogP contribution in [0.15, 0.2) is 53.5 Å². The molecule has 0 N–H and O–H groups in total. The van der Waals surface area contributed by atoms with Crippen molar-refractivity contribution in [1.29, 1.82) is 0 Å². The van der Waals surface area contributed by atoms with Gasteiger partial charge in [-0.3, -0.25) is 4.79 Å². The van der Waals surface area contributed by atoms with E-state index in [-0.39, 0.29) is 22.8 Å². The Morgan fingerprint density at radius 2 is 1.86 bits per heavy atom. The molecule has 3 aromatic rings. The number of hydrogen-bond acceptors (Lipinski definition) is 4. The number of halogens is 5. The smallest absolute Gasteiger partial charge is 0.435 e. The second kappa shape index (κ2) is 9.68. The first-order valence-electron chi connectivity index (χ1n) is 11.7. The van der Waals surface area contributed by atoms with E-state index in [1.54, 1.807) is 37.1 Å². The average Bonchev–Trinajstić information content (AvgIpc) is 3.52. The van der Waals surface area contributed by atoms with Crippen LogP contribution in [0.5, 0.6) is 5.75 Å². The molecular weight excluding hydrogens is 528 g/mol. The van der Waals surface area contributed by atoms with Gasteiger partial charge in [0.2, 0.25) is 5.91 Å². The van der Waals surface area contributed by atoms with Crippen LogP contribution in [0, 0.1) is 5.92 Å². The maximum Gasteiger partial charge on any atom is 0.435 e. The van der Waals surface area contributed by atoms with Gasteiger partial charge in [0.15, 0.2) is 11.5 Å². The summed E-state index contributed by atoms with van der Waals surface area (Å²) in [6.07, 6.45) is -3.16. The minimum absolute atomic E-state index is 0.0210. The van der Waals surface area contributed by atoms with Crippen LogP contribution < -0.4 is 4.74 Å². The van der Waals surface area contributed by atoms with E-state index in [4.69, 9.17) is 27.9 Å². The summed E-state index contributed by atoms with van der Waals surface area (Å²) < 4.78 is 47.5. The van der Waals surface area contributed by atoms with E-state index >= 15 is 0 Å². The van der Waals surface area contributed by atoms with Crippen molar-refractivity contribution < 1.29 is 22.7 Å². The molecule has 3 unspecified atom stereocenters. The summed E-state index contributed by atoms with van der Waals surface area (Å²) >= 11 is 12.4. The number of aromatic nitrogens is 2. The van der Waals surface area contributed by atoms with Crippen molar-refractivity contribution in [3.63, 3.8) is 0 Å². The largest absolute Gasteiger partial charge is 0.496 e. The third kappa shape index (κ3) is 4.59. The SMILES string of the molecule is COc1ccccc1C1CCCN1C(=O)C1C(C)=Nc2cc(C(F)(F)F)nn2C1c1ccc(Cl)c(Cl)c1. The molecule has 1 aromatic heterocycles. The molecule has 5 rings (SSSR count). The highest BCUT2D eigenvalue weighted by molar-refractivity contribution is 6.42. The van der Waals surface area contributed by atoms with Crippen LogP contribution in [0.1, 0.15) is 48.7 Å². The Hall–Kier alpha value is -3.04. The molecule has 1 saturated heterocycles. The Labute approximate surface area is 221 Å². The Morgan fingerprint density at radius 1 is 1.11 bits per heavy atom. The number of benzene rings is 2. The summed E-state index contributed by atoms with van der Waals surface area (Å²) in [5.41, 5.74) is 0.706. The lowest BCUT2D eigenvalue weighted by Crippen LogP contribution is -2.44. The van der Waals surface area contributed by atoms with E-state index in [0.717, 1.165) is 24.5 Å². The number of ether oxygens (including phenoxy) is 1. The van der Waals surface area contributed by atoms with Crippen molar-refractivity contribution in [3.05, 3.63) is 75.4 Å². The van der Waals surface area contributed by atoms with Crippen molar-refractivity contribution in [1.82, 2.24) is 14.7 Å². The molecule has 1 fully saturated rings. The number of amides is 1. The second-order valence-electron chi connectivity index (χ2n) is 9.11. The van der Waals surface area contributed by atoms with Crippen LogP contribution in [-0.2, 0) is 11.0 Å². The van der Waals surface area contributed by atoms with Gasteiger partial charge in [0.25, 0.3) is 0 Å². The van der Waals surface area contributed by atoms with E-state index in [1.807, 2.05) is 24.3 Å². The number of carbonyl (C=O) groups excluding carboxylic acids is 1. The minimum atomic E-state index is -4.67. The highest BCUT2D eigenvalue weighted by atomic mass is 35.5. The number of hydrogen-bond donors (Lipinski definition) is 0. The van der Waals surface area contributed by atoms with Crippen LogP contribution in [-0.4, -0.2) is 40.0 Å². The van der Waals surface area contributed by atoms with E-state index in [0.29, 0.717) is 28.6 Å². The highest BCUT2D eigenvalue weighted by Gasteiger charge is 2.45. The van der Waals surface area contributed by atoms with Gasteiger partial charge in [-0.1, -0.05) is 47.5 Å². The van der Waals surface area contributed by atoms with Crippen molar-refractivity contribution in [2.24, 2.45) is 10.9 Å². The fourth-order valence-corrected chi connectivity index (χ4v) is 5.56. The molecular formula is C26H23Cl2F3N4O2. The zero-order valence-electron chi connectivity index (χ0n) is 20.0. The van der Waals surface area contributed by atoms with Crippen molar-refractivity contribution in [2.75, 3.05) is 13.7 Å². The molecule has 3 atom stereocenters. The lowest BCUT2D eigenvalue weighted by molar-refractivity contribution is -0.141. The monoisotopic (exact) mass is 550 g/mol. The summed E-state index contributed by atoms with van der Waals surface area (Å²) in [4.78, 5) is 20.4. The Bertz CT molecular complexity index is 1390. The van der Waals surface area contributed by atoms with Crippen LogP contribution in [0.4, 0.5) is 19.0 Å². The number of nitrogens with zero attached hydrogens (tertiary/aromatic N) is 4. The number of fused-ring (bicyclic) bond motifs is 1. The summed E-state index contributed by atoms with van der Waals surface area (Å²) in [6.45, 7) is 2.16. The summed E-state index contributed by atoms with van der Waals surface area (Å²) in [5, 5.41) is 4.37. The number of aliphatic imine (C=N–C) groups is 1. The van der Waals surface area contributed by atoms with Crippen molar-refractivity contribution in [3.8, 4) is 5.75 Å². The molecule has 0 aliphatic carbocycles. The zero-order valence-corrected chi connectivity index (χ0v) is 21.5. The lowest BCUT2D eigenvalue weighted by atomic mass is 9.86. The Balaban J connectivity index is 1.61. The van der Waals surface area contributed by atoms with Crippen molar-refractivity contribution in [2.45, 2.75) is 38.0 Å². The van der Waals surface area contributed by atoms with Crippen LogP contribution in [0.3, 0.4) is 0 Å². The Kier molecular flexibility index (Phi) is 6.70. The normalized spacial score (nSPS) is 21.5. The molecule has 0 spiro atoms. The molecule has 194 valence electrons. The van der Waals surface area contributed by atoms with Gasteiger partial charge in [-0.25, -0.2) is 9.67 Å². The molecule has 37 heavy (non-hydrogen) atoms. The van der Waals surface area contributed by atoms with Crippen LogP contribution in [0.25, 0.3) is 0 Å². The molecule has 3 heterocycles. The molecule has 2 aliphatic rings. The average molecular weight is 551 g/mol. The first-order chi connectivity index (χ1) is 17.6. The quantitative estimate of drug-likeness (QED) is 0.355. The third-order valence-electron chi connectivity index (χ3n) is 6.91. The minimum Gasteiger partial charge on any atom is -0.496 e. The van der Waals surface area contributed by atoms with Crippen molar-refractivity contribution >= 4 is 40.6 Å². The van der Waals surface area contributed by atoms with Crippen LogP contribution in [0.2, 0.25) is 10.0 Å². The van der Waals surface area contributed by atoms with Gasteiger partial charge in [-0.2, -0.15) is 18.3 Å². The first kappa shape index (κ1) is 25.6. The lowest BCUT2D eigenvalue weighted by Gasteiger charge is -2.36. The first-order valence-corrected chi connectivity index (χ1v) is 12.5. The van der Waals surface area contributed by atoms with Crippen LogP contribution >= 0.6 is 23.2 Å². The van der Waals surface area contributed by atoms with E-state index in [1.165, 1.54) is 4.68 Å². The predicted octanol–water partition coefficient (Wildman–Crippen LogP) is 6.89. The number of likely N-dealkylation sites (tertiary alicyclic amines) is 1. The summed E-state index contributed by atoms with van der Waals surface area (Å²) in [7, 11) is 1.58. The molecule has 2 aromatic carbocycles. The standard InChI is InChI=1S/C26H23Cl2F3N4O2/c1-14-23(25(36)34-11-5-7-19(34)16-6-3-4-8-20(16)37-2)24(15-9-10-17(27)18(28)12-15)35-22(32-14)13-21(33-35)26(29,30)31/h3-4,6,8-10,12-13,19,23-24H,5,7,11H2,1-2H3. The second-order valence-corrected chi connectivity index (χ2v) is 9.93. The number of methoxy groups -OCH3 is 1. The zero-order chi connectivity index (χ0) is 26.5. The van der Waals surface area contributed by atoms with Gasteiger partial charge < -0.3 is 9.64 Å². The molecule has 0 saturated carbocycles. The highest BCUT2D eigenvalue weighted by Crippen LogP contribution is 2.44. The van der Waals surface area contributed by atoms with Gasteiger partial charge in [0.05, 0.1) is 29.2 Å². The van der Waals surface area contributed by atoms with Gasteiger partial charge in [0, 0.05) is 23.9 Å². The fourth-order valence-electron chi connectivity index (χ4n) is 5.25. The third-order valence-corrected chi connectivity index (χ3v) is 7.65. The van der Waals surface area contributed by atoms with E-state index in [9.17, 15) is 18.0 Å².